The molecule has 1 fully saturated rings. The summed E-state index contributed by atoms with van der Waals surface area (Å²) in [6.07, 6.45) is 2.94. The van der Waals surface area contributed by atoms with Crippen LogP contribution in [0, 0.1) is 0 Å². The van der Waals surface area contributed by atoms with Gasteiger partial charge >= 0.3 is 5.97 Å². The highest BCUT2D eigenvalue weighted by molar-refractivity contribution is 5.84. The number of methoxy groups -OCH3 is 2. The summed E-state index contributed by atoms with van der Waals surface area (Å²) < 4.78 is 9.57. The number of amides is 1. The van der Waals surface area contributed by atoms with E-state index in [9.17, 15) is 9.59 Å². The maximum absolute atomic E-state index is 11.8. The Morgan fingerprint density at radius 2 is 2.06 bits per heavy atom. The Morgan fingerprint density at radius 1 is 1.31 bits per heavy atom. The van der Waals surface area contributed by atoms with Crippen molar-refractivity contribution in [3.05, 3.63) is 0 Å². The first-order valence-corrected chi connectivity index (χ1v) is 5.57. The molecule has 1 atom stereocenters. The highest BCUT2D eigenvalue weighted by Crippen LogP contribution is 2.18. The van der Waals surface area contributed by atoms with Gasteiger partial charge in [0.25, 0.3) is 0 Å². The normalized spacial score (nSPS) is 20.6. The number of carbonyl (C=O) groups is 2. The lowest BCUT2D eigenvalue weighted by Crippen LogP contribution is -2.48. The van der Waals surface area contributed by atoms with Crippen LogP contribution in [0.15, 0.2) is 0 Å². The lowest BCUT2D eigenvalue weighted by Gasteiger charge is -2.33. The van der Waals surface area contributed by atoms with Crippen molar-refractivity contribution in [1.82, 2.24) is 4.90 Å². The van der Waals surface area contributed by atoms with Crippen LogP contribution in [0.1, 0.15) is 25.7 Å². The van der Waals surface area contributed by atoms with Crippen LogP contribution in [-0.2, 0) is 19.1 Å². The zero-order valence-electron chi connectivity index (χ0n) is 9.90. The molecule has 1 aliphatic heterocycles. The molecular formula is C11H19NO4. The van der Waals surface area contributed by atoms with E-state index in [-0.39, 0.29) is 11.9 Å². The van der Waals surface area contributed by atoms with Crippen molar-refractivity contribution in [3.63, 3.8) is 0 Å². The molecule has 0 aliphatic carbocycles. The topological polar surface area (TPSA) is 55.8 Å². The summed E-state index contributed by atoms with van der Waals surface area (Å²) in [6, 6.07) is -0.400. The molecular weight excluding hydrogens is 210 g/mol. The molecule has 1 saturated heterocycles. The SMILES string of the molecule is COCCC(=O)N1CCCCC1C(=O)OC. The molecule has 1 amide bonds. The van der Waals surface area contributed by atoms with Crippen molar-refractivity contribution in [3.8, 4) is 0 Å². The van der Waals surface area contributed by atoms with Crippen molar-refractivity contribution in [2.45, 2.75) is 31.7 Å². The zero-order chi connectivity index (χ0) is 12.0. The Morgan fingerprint density at radius 3 is 2.69 bits per heavy atom. The maximum atomic E-state index is 11.8. The number of likely N-dealkylation sites (tertiary alicyclic amines) is 1. The Hall–Kier alpha value is -1.10. The number of hydrogen-bond acceptors (Lipinski definition) is 4. The third kappa shape index (κ3) is 3.20. The molecule has 5 heteroatoms. The third-order valence-electron chi connectivity index (χ3n) is 2.82. The molecule has 0 aromatic rings. The summed E-state index contributed by atoms with van der Waals surface area (Å²) in [6.45, 7) is 1.03. The number of piperidine rings is 1. The summed E-state index contributed by atoms with van der Waals surface area (Å²) in [7, 11) is 2.91. The predicted octanol–water partition coefficient (Wildman–Crippen LogP) is 0.577. The molecule has 1 aliphatic rings. The fourth-order valence-corrected chi connectivity index (χ4v) is 1.94. The third-order valence-corrected chi connectivity index (χ3v) is 2.82. The molecule has 0 bridgehead atoms. The van der Waals surface area contributed by atoms with E-state index in [0.29, 0.717) is 26.0 Å². The summed E-state index contributed by atoms with van der Waals surface area (Å²) in [5.74, 6) is -0.345. The van der Waals surface area contributed by atoms with E-state index < -0.39 is 6.04 Å². The van der Waals surface area contributed by atoms with Crippen LogP contribution < -0.4 is 0 Å². The van der Waals surface area contributed by atoms with Crippen molar-refractivity contribution in [1.29, 1.82) is 0 Å². The van der Waals surface area contributed by atoms with E-state index in [1.54, 1.807) is 12.0 Å². The van der Waals surface area contributed by atoms with Gasteiger partial charge in [-0.1, -0.05) is 0 Å². The standard InChI is InChI=1S/C11H19NO4/c1-15-8-6-10(13)12-7-4-3-5-9(12)11(14)16-2/h9H,3-8H2,1-2H3. The van der Waals surface area contributed by atoms with E-state index in [1.165, 1.54) is 7.11 Å². The van der Waals surface area contributed by atoms with Gasteiger partial charge in [-0.3, -0.25) is 4.79 Å². The molecule has 0 saturated carbocycles. The monoisotopic (exact) mass is 229 g/mol. The predicted molar refractivity (Wildman–Crippen MR) is 57.9 cm³/mol. The van der Waals surface area contributed by atoms with Crippen LogP contribution in [0.5, 0.6) is 0 Å². The zero-order valence-corrected chi connectivity index (χ0v) is 9.90. The second-order valence-corrected chi connectivity index (χ2v) is 3.86. The highest BCUT2D eigenvalue weighted by Gasteiger charge is 2.32. The Bertz CT molecular complexity index is 254. The quantitative estimate of drug-likeness (QED) is 0.662. The molecule has 0 aromatic carbocycles. The first-order chi connectivity index (χ1) is 7.70. The molecule has 16 heavy (non-hydrogen) atoms. The first kappa shape index (κ1) is 13.0. The summed E-state index contributed by atoms with van der Waals surface area (Å²) >= 11 is 0. The van der Waals surface area contributed by atoms with E-state index in [4.69, 9.17) is 9.47 Å². The van der Waals surface area contributed by atoms with Crippen LogP contribution >= 0.6 is 0 Å². The minimum absolute atomic E-state index is 0.0306. The Balaban J connectivity index is 2.59. The van der Waals surface area contributed by atoms with Crippen LogP contribution in [0.25, 0.3) is 0 Å². The Kier molecular flexibility index (Phi) is 5.25. The smallest absolute Gasteiger partial charge is 0.328 e. The lowest BCUT2D eigenvalue weighted by atomic mass is 10.0. The van der Waals surface area contributed by atoms with Crippen molar-refractivity contribution in [2.24, 2.45) is 0 Å². The van der Waals surface area contributed by atoms with Gasteiger partial charge in [-0.05, 0) is 19.3 Å². The van der Waals surface area contributed by atoms with Crippen molar-refractivity contribution >= 4 is 11.9 Å². The minimum atomic E-state index is -0.400. The average molecular weight is 229 g/mol. The second kappa shape index (κ2) is 6.48. The molecule has 0 N–H and O–H groups in total. The largest absolute Gasteiger partial charge is 0.467 e. The first-order valence-electron chi connectivity index (χ1n) is 5.57. The second-order valence-electron chi connectivity index (χ2n) is 3.86. The fraction of sp³-hybridized carbons (Fsp3) is 0.818. The summed E-state index contributed by atoms with van der Waals surface area (Å²) in [5, 5.41) is 0. The number of ether oxygens (including phenoxy) is 2. The number of nitrogens with zero attached hydrogens (tertiary/aromatic N) is 1. The molecule has 0 spiro atoms. The molecule has 1 heterocycles. The van der Waals surface area contributed by atoms with Crippen LogP contribution in [0.4, 0.5) is 0 Å². The number of esters is 1. The lowest BCUT2D eigenvalue weighted by molar-refractivity contribution is -0.155. The van der Waals surface area contributed by atoms with Gasteiger partial charge in [0.15, 0.2) is 0 Å². The van der Waals surface area contributed by atoms with E-state index in [1.807, 2.05) is 0 Å². The van der Waals surface area contributed by atoms with Gasteiger partial charge in [0.2, 0.25) is 5.91 Å². The summed E-state index contributed by atoms with van der Waals surface area (Å²) in [5.41, 5.74) is 0. The van der Waals surface area contributed by atoms with Crippen LogP contribution in [-0.4, -0.2) is 50.2 Å². The number of carbonyl (C=O) groups excluding carboxylic acids is 2. The van der Waals surface area contributed by atoms with Gasteiger partial charge in [0.05, 0.1) is 20.1 Å². The van der Waals surface area contributed by atoms with Gasteiger partial charge in [-0.15, -0.1) is 0 Å². The van der Waals surface area contributed by atoms with Crippen molar-refractivity contribution < 1.29 is 19.1 Å². The van der Waals surface area contributed by atoms with Gasteiger partial charge in [-0.2, -0.15) is 0 Å². The average Bonchev–Trinajstić information content (AvgIpc) is 2.35. The van der Waals surface area contributed by atoms with Crippen molar-refractivity contribution in [2.75, 3.05) is 27.4 Å². The number of hydrogen-bond donors (Lipinski definition) is 0. The fourth-order valence-electron chi connectivity index (χ4n) is 1.94. The summed E-state index contributed by atoms with van der Waals surface area (Å²) in [4.78, 5) is 25.0. The van der Waals surface area contributed by atoms with E-state index in [2.05, 4.69) is 0 Å². The minimum Gasteiger partial charge on any atom is -0.467 e. The molecule has 0 radical (unpaired) electrons. The molecule has 1 rings (SSSR count). The van der Waals surface area contributed by atoms with Gasteiger partial charge in [0, 0.05) is 13.7 Å². The molecule has 0 aromatic heterocycles. The maximum Gasteiger partial charge on any atom is 0.328 e. The van der Waals surface area contributed by atoms with E-state index >= 15 is 0 Å². The van der Waals surface area contributed by atoms with Gasteiger partial charge in [-0.25, -0.2) is 4.79 Å². The highest BCUT2D eigenvalue weighted by atomic mass is 16.5. The van der Waals surface area contributed by atoms with Gasteiger partial charge in [0.1, 0.15) is 6.04 Å². The van der Waals surface area contributed by atoms with Crippen LogP contribution in [0.3, 0.4) is 0 Å². The van der Waals surface area contributed by atoms with Crippen LogP contribution in [0.2, 0.25) is 0 Å². The van der Waals surface area contributed by atoms with E-state index in [0.717, 1.165) is 12.8 Å². The molecule has 5 nitrogen and oxygen atoms in total. The number of rotatable bonds is 4. The van der Waals surface area contributed by atoms with Gasteiger partial charge < -0.3 is 14.4 Å². The Labute approximate surface area is 95.7 Å². The molecule has 92 valence electrons. The molecule has 1 unspecified atom stereocenters.